The summed E-state index contributed by atoms with van der Waals surface area (Å²) in [4.78, 5) is 13.6. The van der Waals surface area contributed by atoms with Gasteiger partial charge in [0.05, 0.1) is 4.88 Å². The predicted octanol–water partition coefficient (Wildman–Crippen LogP) is 2.66. The molecule has 1 aromatic heterocycles. The van der Waals surface area contributed by atoms with Crippen molar-refractivity contribution in [2.24, 2.45) is 0 Å². The van der Waals surface area contributed by atoms with E-state index in [2.05, 4.69) is 20.8 Å². The van der Waals surface area contributed by atoms with Crippen LogP contribution in [0.1, 0.15) is 42.2 Å². The van der Waals surface area contributed by atoms with Crippen molar-refractivity contribution >= 4 is 27.0 Å². The van der Waals surface area contributed by atoms with E-state index in [9.17, 15) is 13.2 Å². The lowest BCUT2D eigenvalue weighted by molar-refractivity contribution is 0.0995. The quantitative estimate of drug-likeness (QED) is 0.796. The Morgan fingerprint density at radius 2 is 1.82 bits per heavy atom. The van der Waals surface area contributed by atoms with Crippen LogP contribution in [0.15, 0.2) is 12.1 Å². The number of ketones is 1. The van der Waals surface area contributed by atoms with E-state index >= 15 is 0 Å². The highest BCUT2D eigenvalue weighted by molar-refractivity contribution is 7.92. The van der Waals surface area contributed by atoms with Crippen molar-refractivity contribution in [3.05, 3.63) is 21.9 Å². The van der Waals surface area contributed by atoms with Crippen LogP contribution in [0.3, 0.4) is 0 Å². The number of Topliss-reactive ketones (excluding diaryl/α,β-unsaturated/α-hetero) is 1. The minimum atomic E-state index is -3.32. The fraction of sp³-hybridized carbons (Fsp3) is 0.583. The molecule has 0 fully saturated rings. The number of sulfone groups is 1. The molecule has 0 spiro atoms. The van der Waals surface area contributed by atoms with Gasteiger partial charge in [-0.3, -0.25) is 4.79 Å². The monoisotopic (exact) mass is 274 g/mol. The van der Waals surface area contributed by atoms with E-state index in [-0.39, 0.29) is 11.2 Å². The Kier molecular flexibility index (Phi) is 3.84. The van der Waals surface area contributed by atoms with Gasteiger partial charge in [0.15, 0.2) is 15.6 Å². The highest BCUT2D eigenvalue weighted by Gasteiger charge is 2.27. The first-order valence-electron chi connectivity index (χ1n) is 5.37. The van der Waals surface area contributed by atoms with Crippen molar-refractivity contribution in [2.75, 3.05) is 6.26 Å². The fourth-order valence-electron chi connectivity index (χ4n) is 1.27. The van der Waals surface area contributed by atoms with E-state index in [4.69, 9.17) is 0 Å². The normalized spacial score (nSPS) is 14.6. The molecular formula is C12H18O3S2. The molecule has 0 N–H and O–H groups in total. The molecule has 0 aliphatic rings. The zero-order chi connectivity index (χ0) is 13.4. The zero-order valence-corrected chi connectivity index (χ0v) is 12.4. The molecule has 3 nitrogen and oxygen atoms in total. The SMILES string of the molecule is CC(C(=O)c1ccc(C(C)(C)C)s1)S(C)(=O)=O. The summed E-state index contributed by atoms with van der Waals surface area (Å²) in [5.41, 5.74) is -0.0163. The fourth-order valence-corrected chi connectivity index (χ4v) is 2.95. The molecule has 0 saturated carbocycles. The number of carbonyl (C=O) groups excluding carboxylic acids is 1. The Balaban J connectivity index is 3.04. The van der Waals surface area contributed by atoms with Crippen molar-refractivity contribution in [1.29, 1.82) is 0 Å². The van der Waals surface area contributed by atoms with Gasteiger partial charge in [0, 0.05) is 11.1 Å². The maximum Gasteiger partial charge on any atom is 0.190 e. The summed E-state index contributed by atoms with van der Waals surface area (Å²) in [5.74, 6) is -0.312. The number of thiophene rings is 1. The first-order valence-corrected chi connectivity index (χ1v) is 8.14. The van der Waals surface area contributed by atoms with Gasteiger partial charge in [-0.2, -0.15) is 0 Å². The van der Waals surface area contributed by atoms with E-state index < -0.39 is 15.1 Å². The predicted molar refractivity (Wildman–Crippen MR) is 71.7 cm³/mol. The number of rotatable bonds is 3. The lowest BCUT2D eigenvalue weighted by Crippen LogP contribution is -2.25. The molecule has 0 radical (unpaired) electrons. The van der Waals surface area contributed by atoms with Crippen LogP contribution in [0, 0.1) is 0 Å². The molecule has 1 heterocycles. The Labute approximate surface area is 107 Å². The molecular weight excluding hydrogens is 256 g/mol. The van der Waals surface area contributed by atoms with Gasteiger partial charge in [0.2, 0.25) is 0 Å². The molecule has 0 amide bonds. The minimum Gasteiger partial charge on any atom is -0.292 e. The van der Waals surface area contributed by atoms with Gasteiger partial charge in [0.25, 0.3) is 0 Å². The Morgan fingerprint density at radius 1 is 1.29 bits per heavy atom. The average Bonchev–Trinajstić information content (AvgIpc) is 2.61. The Bertz CT molecular complexity index is 518. The lowest BCUT2D eigenvalue weighted by atomic mass is 9.95. The highest BCUT2D eigenvalue weighted by Crippen LogP contribution is 2.30. The van der Waals surface area contributed by atoms with Gasteiger partial charge >= 0.3 is 0 Å². The Morgan fingerprint density at radius 3 is 2.18 bits per heavy atom. The summed E-state index contributed by atoms with van der Waals surface area (Å²) in [5, 5.41) is -0.964. The summed E-state index contributed by atoms with van der Waals surface area (Å²) < 4.78 is 22.7. The first kappa shape index (κ1) is 14.4. The Hall–Kier alpha value is -0.680. The van der Waals surface area contributed by atoms with Crippen LogP contribution >= 0.6 is 11.3 Å². The molecule has 0 bridgehead atoms. The summed E-state index contributed by atoms with van der Waals surface area (Å²) in [7, 11) is -3.32. The third-order valence-corrected chi connectivity index (χ3v) is 5.62. The maximum absolute atomic E-state index is 12.0. The van der Waals surface area contributed by atoms with Crippen molar-refractivity contribution in [3.63, 3.8) is 0 Å². The van der Waals surface area contributed by atoms with Crippen molar-refractivity contribution in [2.45, 2.75) is 38.4 Å². The molecule has 0 saturated heterocycles. The number of hydrogen-bond donors (Lipinski definition) is 0. The summed E-state index contributed by atoms with van der Waals surface area (Å²) in [6, 6.07) is 3.61. The van der Waals surface area contributed by atoms with Crippen molar-refractivity contribution < 1.29 is 13.2 Å². The van der Waals surface area contributed by atoms with E-state index in [1.165, 1.54) is 18.3 Å². The zero-order valence-electron chi connectivity index (χ0n) is 10.8. The number of carbonyl (C=O) groups is 1. The second-order valence-electron chi connectivity index (χ2n) is 5.25. The van der Waals surface area contributed by atoms with E-state index in [1.54, 1.807) is 6.07 Å². The first-order chi connectivity index (χ1) is 7.53. The van der Waals surface area contributed by atoms with Gasteiger partial charge in [-0.15, -0.1) is 11.3 Å². The summed E-state index contributed by atoms with van der Waals surface area (Å²) >= 11 is 1.38. The molecule has 1 unspecified atom stereocenters. The van der Waals surface area contributed by atoms with Crippen LogP contribution in [0.4, 0.5) is 0 Å². The molecule has 1 rings (SSSR count). The summed E-state index contributed by atoms with van der Waals surface area (Å²) in [6.45, 7) is 7.63. The smallest absolute Gasteiger partial charge is 0.190 e. The minimum absolute atomic E-state index is 0.0163. The van der Waals surface area contributed by atoms with Gasteiger partial charge in [-0.1, -0.05) is 20.8 Å². The maximum atomic E-state index is 12.0. The van der Waals surface area contributed by atoms with Crippen LogP contribution in [0.2, 0.25) is 0 Å². The second kappa shape index (κ2) is 4.53. The summed E-state index contributed by atoms with van der Waals surface area (Å²) in [6.07, 6.45) is 1.09. The van der Waals surface area contributed by atoms with Gasteiger partial charge < -0.3 is 0 Å². The standard InChI is InChI=1S/C12H18O3S2/c1-8(17(5,14)15)11(13)9-6-7-10(16-9)12(2,3)4/h6-8H,1-5H3. The van der Waals surface area contributed by atoms with Gasteiger partial charge in [0.1, 0.15) is 5.25 Å². The topological polar surface area (TPSA) is 51.2 Å². The van der Waals surface area contributed by atoms with Crippen LogP contribution in [-0.4, -0.2) is 25.7 Å². The van der Waals surface area contributed by atoms with E-state index in [0.29, 0.717) is 4.88 Å². The largest absolute Gasteiger partial charge is 0.292 e. The molecule has 96 valence electrons. The third kappa shape index (κ3) is 3.39. The van der Waals surface area contributed by atoms with Gasteiger partial charge in [-0.25, -0.2) is 8.42 Å². The lowest BCUT2D eigenvalue weighted by Gasteiger charge is -2.15. The van der Waals surface area contributed by atoms with Crippen LogP contribution in [0.25, 0.3) is 0 Å². The molecule has 0 aliphatic heterocycles. The molecule has 1 aromatic rings. The van der Waals surface area contributed by atoms with Crippen molar-refractivity contribution in [3.8, 4) is 0 Å². The number of hydrogen-bond acceptors (Lipinski definition) is 4. The molecule has 17 heavy (non-hydrogen) atoms. The molecule has 1 atom stereocenters. The van der Waals surface area contributed by atoms with E-state index in [0.717, 1.165) is 11.1 Å². The van der Waals surface area contributed by atoms with Crippen LogP contribution in [0.5, 0.6) is 0 Å². The average molecular weight is 274 g/mol. The molecule has 5 heteroatoms. The van der Waals surface area contributed by atoms with Crippen LogP contribution in [-0.2, 0) is 15.3 Å². The molecule has 0 aliphatic carbocycles. The molecule has 0 aromatic carbocycles. The van der Waals surface area contributed by atoms with Crippen molar-refractivity contribution in [1.82, 2.24) is 0 Å². The third-order valence-electron chi connectivity index (χ3n) is 2.60. The van der Waals surface area contributed by atoms with E-state index in [1.807, 2.05) is 6.07 Å². The van der Waals surface area contributed by atoms with Gasteiger partial charge in [-0.05, 0) is 24.5 Å². The highest BCUT2D eigenvalue weighted by atomic mass is 32.2. The van der Waals surface area contributed by atoms with Crippen LogP contribution < -0.4 is 0 Å². The second-order valence-corrected chi connectivity index (χ2v) is 8.70.